The van der Waals surface area contributed by atoms with Crippen LogP contribution < -0.4 is 4.74 Å². The van der Waals surface area contributed by atoms with Crippen LogP contribution in [0.3, 0.4) is 0 Å². The zero-order valence-corrected chi connectivity index (χ0v) is 12.7. The summed E-state index contributed by atoms with van der Waals surface area (Å²) >= 11 is 0. The molecule has 1 heterocycles. The Bertz CT molecular complexity index is 556. The number of ether oxygens (including phenoxy) is 2. The third-order valence-corrected chi connectivity index (χ3v) is 3.49. The van der Waals surface area contributed by atoms with Gasteiger partial charge in [0, 0.05) is 31.7 Å². The first-order valence-corrected chi connectivity index (χ1v) is 7.11. The van der Waals surface area contributed by atoms with Crippen LogP contribution in [0.4, 0.5) is 9.18 Å². The Morgan fingerprint density at radius 2 is 1.82 bits per heavy atom. The summed E-state index contributed by atoms with van der Waals surface area (Å²) in [6, 6.07) is 4.12. The van der Waals surface area contributed by atoms with Gasteiger partial charge in [0.1, 0.15) is 0 Å². The summed E-state index contributed by atoms with van der Waals surface area (Å²) < 4.78 is 23.4. The molecule has 2 rings (SSSR count). The van der Waals surface area contributed by atoms with Gasteiger partial charge in [0.15, 0.2) is 11.6 Å². The van der Waals surface area contributed by atoms with Crippen molar-refractivity contribution in [3.05, 3.63) is 29.6 Å². The van der Waals surface area contributed by atoms with Crippen molar-refractivity contribution >= 4 is 12.0 Å². The fourth-order valence-corrected chi connectivity index (χ4v) is 2.29. The van der Waals surface area contributed by atoms with Crippen molar-refractivity contribution in [2.45, 2.75) is 6.92 Å². The third-order valence-electron chi connectivity index (χ3n) is 3.49. The summed E-state index contributed by atoms with van der Waals surface area (Å²) in [5, 5.41) is 0. The van der Waals surface area contributed by atoms with Gasteiger partial charge in [-0.2, -0.15) is 0 Å². The number of benzene rings is 1. The first kappa shape index (κ1) is 16.1. The quantitative estimate of drug-likeness (QED) is 0.853. The van der Waals surface area contributed by atoms with Crippen LogP contribution in [0, 0.1) is 5.82 Å². The summed E-state index contributed by atoms with van der Waals surface area (Å²) in [6.07, 6.45) is -0.370. The van der Waals surface area contributed by atoms with Crippen molar-refractivity contribution in [1.82, 2.24) is 9.80 Å². The largest absolute Gasteiger partial charge is 0.494 e. The summed E-state index contributed by atoms with van der Waals surface area (Å²) in [4.78, 5) is 27.1. The maximum absolute atomic E-state index is 13.7. The van der Waals surface area contributed by atoms with Gasteiger partial charge in [-0.15, -0.1) is 0 Å². The molecule has 0 saturated carbocycles. The zero-order valence-electron chi connectivity index (χ0n) is 12.7. The molecule has 0 N–H and O–H groups in total. The van der Waals surface area contributed by atoms with Gasteiger partial charge in [0.25, 0.3) is 5.91 Å². The lowest BCUT2D eigenvalue weighted by atomic mass is 10.1. The van der Waals surface area contributed by atoms with Crippen molar-refractivity contribution in [2.24, 2.45) is 0 Å². The van der Waals surface area contributed by atoms with E-state index in [-0.39, 0.29) is 23.3 Å². The van der Waals surface area contributed by atoms with Crippen LogP contribution in [0.25, 0.3) is 0 Å². The summed E-state index contributed by atoms with van der Waals surface area (Å²) in [5.41, 5.74) is 0.267. The van der Waals surface area contributed by atoms with Crippen molar-refractivity contribution in [1.29, 1.82) is 0 Å². The van der Waals surface area contributed by atoms with E-state index in [0.717, 1.165) is 0 Å². The van der Waals surface area contributed by atoms with Gasteiger partial charge in [0.05, 0.1) is 13.7 Å². The first-order valence-electron chi connectivity index (χ1n) is 7.11. The molecule has 7 heteroatoms. The number of rotatable bonds is 3. The van der Waals surface area contributed by atoms with Gasteiger partial charge in [0.2, 0.25) is 0 Å². The number of methoxy groups -OCH3 is 1. The van der Waals surface area contributed by atoms with Gasteiger partial charge in [-0.25, -0.2) is 9.18 Å². The fraction of sp³-hybridized carbons (Fsp3) is 0.467. The molecule has 6 nitrogen and oxygen atoms in total. The van der Waals surface area contributed by atoms with Crippen molar-refractivity contribution in [2.75, 3.05) is 39.9 Å². The molecule has 0 aliphatic carbocycles. The number of nitrogens with zero attached hydrogens (tertiary/aromatic N) is 2. The van der Waals surface area contributed by atoms with E-state index in [4.69, 9.17) is 9.47 Å². The van der Waals surface area contributed by atoms with Gasteiger partial charge < -0.3 is 19.3 Å². The third kappa shape index (κ3) is 3.47. The number of carbonyl (C=O) groups excluding carboxylic acids is 2. The van der Waals surface area contributed by atoms with E-state index < -0.39 is 5.82 Å². The van der Waals surface area contributed by atoms with Crippen molar-refractivity contribution in [3.8, 4) is 5.75 Å². The highest BCUT2D eigenvalue weighted by atomic mass is 19.1. The minimum absolute atomic E-state index is 0.101. The molecule has 0 bridgehead atoms. The number of hydrogen-bond acceptors (Lipinski definition) is 4. The number of hydrogen-bond donors (Lipinski definition) is 0. The topological polar surface area (TPSA) is 59.1 Å². The number of amides is 2. The molecule has 0 unspecified atom stereocenters. The predicted molar refractivity (Wildman–Crippen MR) is 77.5 cm³/mol. The molecule has 0 radical (unpaired) electrons. The molecule has 0 spiro atoms. The Kier molecular flexibility index (Phi) is 5.19. The molecule has 0 aromatic heterocycles. The Morgan fingerprint density at radius 1 is 1.18 bits per heavy atom. The second-order valence-electron chi connectivity index (χ2n) is 4.83. The van der Waals surface area contributed by atoms with Crippen LogP contribution in [0.5, 0.6) is 5.75 Å². The minimum atomic E-state index is -0.571. The lowest BCUT2D eigenvalue weighted by Gasteiger charge is -2.34. The molecule has 1 saturated heterocycles. The molecular weight excluding hydrogens is 291 g/mol. The molecule has 1 aromatic rings. The number of carbonyl (C=O) groups is 2. The molecule has 120 valence electrons. The highest BCUT2D eigenvalue weighted by molar-refractivity contribution is 5.94. The highest BCUT2D eigenvalue weighted by Gasteiger charge is 2.25. The molecule has 2 amide bonds. The summed E-state index contributed by atoms with van der Waals surface area (Å²) in [6.45, 7) is 3.67. The average Bonchev–Trinajstić information content (AvgIpc) is 2.54. The van der Waals surface area contributed by atoms with E-state index in [9.17, 15) is 14.0 Å². The fourth-order valence-electron chi connectivity index (χ4n) is 2.29. The standard InChI is InChI=1S/C15H19FN2O4/c1-3-22-15(20)18-8-6-17(7-9-18)14(19)11-4-5-13(21-2)12(16)10-11/h4-5,10H,3,6-9H2,1-2H3. The Balaban J connectivity index is 1.98. The zero-order chi connectivity index (χ0) is 16.1. The maximum Gasteiger partial charge on any atom is 0.409 e. The molecule has 1 fully saturated rings. The SMILES string of the molecule is CCOC(=O)N1CCN(C(=O)c2ccc(OC)c(F)c2)CC1. The summed E-state index contributed by atoms with van der Waals surface area (Å²) in [7, 11) is 1.37. The van der Waals surface area contributed by atoms with Gasteiger partial charge in [-0.3, -0.25) is 4.79 Å². The normalized spacial score (nSPS) is 14.7. The van der Waals surface area contributed by atoms with Gasteiger partial charge in [-0.05, 0) is 25.1 Å². The Hall–Kier alpha value is -2.31. The predicted octanol–water partition coefficient (Wildman–Crippen LogP) is 1.75. The van der Waals surface area contributed by atoms with E-state index in [1.807, 2.05) is 0 Å². The minimum Gasteiger partial charge on any atom is -0.494 e. The van der Waals surface area contributed by atoms with Crippen LogP contribution in [0.2, 0.25) is 0 Å². The van der Waals surface area contributed by atoms with Crippen LogP contribution >= 0.6 is 0 Å². The highest BCUT2D eigenvalue weighted by Crippen LogP contribution is 2.19. The summed E-state index contributed by atoms with van der Waals surface area (Å²) in [5.74, 6) is -0.729. The molecule has 1 aromatic carbocycles. The second kappa shape index (κ2) is 7.11. The van der Waals surface area contributed by atoms with E-state index >= 15 is 0 Å². The molecule has 22 heavy (non-hydrogen) atoms. The maximum atomic E-state index is 13.7. The van der Waals surface area contributed by atoms with E-state index in [1.165, 1.54) is 25.3 Å². The van der Waals surface area contributed by atoms with E-state index in [2.05, 4.69) is 0 Å². The lowest BCUT2D eigenvalue weighted by molar-refractivity contribution is 0.0570. The average molecular weight is 310 g/mol. The number of piperazine rings is 1. The molecule has 1 aliphatic heterocycles. The molecule has 0 atom stereocenters. The van der Waals surface area contributed by atoms with Crippen LogP contribution in [-0.2, 0) is 4.74 Å². The molecule has 1 aliphatic rings. The van der Waals surface area contributed by atoms with Gasteiger partial charge in [-0.1, -0.05) is 0 Å². The molecular formula is C15H19FN2O4. The number of halogens is 1. The smallest absolute Gasteiger partial charge is 0.409 e. The van der Waals surface area contributed by atoms with Crippen molar-refractivity contribution < 1.29 is 23.5 Å². The van der Waals surface area contributed by atoms with Crippen molar-refractivity contribution in [3.63, 3.8) is 0 Å². The van der Waals surface area contributed by atoms with E-state index in [0.29, 0.717) is 32.8 Å². The van der Waals surface area contributed by atoms with Crippen LogP contribution in [0.1, 0.15) is 17.3 Å². The Morgan fingerprint density at radius 3 is 2.36 bits per heavy atom. The lowest BCUT2D eigenvalue weighted by Crippen LogP contribution is -2.50. The second-order valence-corrected chi connectivity index (χ2v) is 4.83. The monoisotopic (exact) mass is 310 g/mol. The van der Waals surface area contributed by atoms with Gasteiger partial charge >= 0.3 is 6.09 Å². The first-order chi connectivity index (χ1) is 10.6. The van der Waals surface area contributed by atoms with Crippen LogP contribution in [0.15, 0.2) is 18.2 Å². The van der Waals surface area contributed by atoms with Crippen LogP contribution in [-0.4, -0.2) is 61.7 Å². The van der Waals surface area contributed by atoms with E-state index in [1.54, 1.807) is 16.7 Å². The Labute approximate surface area is 128 Å².